The van der Waals surface area contributed by atoms with Crippen molar-refractivity contribution in [2.75, 3.05) is 38.6 Å². The Balaban J connectivity index is 2.09. The van der Waals surface area contributed by atoms with Crippen LogP contribution in [0.15, 0.2) is 0 Å². The molecule has 1 aliphatic carbocycles. The highest BCUT2D eigenvalue weighted by Crippen LogP contribution is 2.38. The standard InChI is InChI=1S/C18H27N3O4S/c1-4-19-14(22)10-21(5-2)11-15(23)20-17-16(18(24)25-3)12-8-6-7-9-13(12)26-17/h4-11H2,1-3H3,(H,19,22)(H,20,23)/p+1. The Morgan fingerprint density at radius 2 is 1.81 bits per heavy atom. The summed E-state index contributed by atoms with van der Waals surface area (Å²) in [5.41, 5.74) is 1.52. The van der Waals surface area contributed by atoms with E-state index in [1.165, 1.54) is 18.4 Å². The lowest BCUT2D eigenvalue weighted by atomic mass is 9.95. The molecule has 1 aromatic rings. The van der Waals surface area contributed by atoms with E-state index in [2.05, 4.69) is 10.6 Å². The predicted octanol–water partition coefficient (Wildman–Crippen LogP) is 0.393. The summed E-state index contributed by atoms with van der Waals surface area (Å²) in [4.78, 5) is 38.5. The van der Waals surface area contributed by atoms with Gasteiger partial charge in [0.05, 0.1) is 19.2 Å². The van der Waals surface area contributed by atoms with Crippen molar-refractivity contribution in [1.29, 1.82) is 0 Å². The zero-order valence-electron chi connectivity index (χ0n) is 15.7. The number of hydrogen-bond donors (Lipinski definition) is 3. The molecule has 0 bridgehead atoms. The highest BCUT2D eigenvalue weighted by atomic mass is 32.1. The minimum absolute atomic E-state index is 0.0704. The van der Waals surface area contributed by atoms with Gasteiger partial charge in [-0.2, -0.15) is 0 Å². The quantitative estimate of drug-likeness (QED) is 0.568. The lowest BCUT2D eigenvalue weighted by Gasteiger charge is -2.16. The van der Waals surface area contributed by atoms with Crippen LogP contribution >= 0.6 is 11.3 Å². The van der Waals surface area contributed by atoms with Crippen LogP contribution < -0.4 is 15.5 Å². The molecular weight excluding hydrogens is 354 g/mol. The summed E-state index contributed by atoms with van der Waals surface area (Å²) in [5, 5.41) is 6.20. The van der Waals surface area contributed by atoms with Crippen LogP contribution in [-0.4, -0.2) is 51.1 Å². The van der Waals surface area contributed by atoms with Gasteiger partial charge in [0.1, 0.15) is 5.00 Å². The number of esters is 1. The number of anilines is 1. The molecule has 0 fully saturated rings. The number of fused-ring (bicyclic) bond motifs is 1. The number of likely N-dealkylation sites (N-methyl/N-ethyl adjacent to an activating group) is 2. The minimum atomic E-state index is -0.401. The van der Waals surface area contributed by atoms with Gasteiger partial charge in [-0.1, -0.05) is 0 Å². The number of quaternary nitrogens is 1. The first-order valence-electron chi connectivity index (χ1n) is 9.13. The molecule has 7 nitrogen and oxygen atoms in total. The van der Waals surface area contributed by atoms with Crippen LogP contribution in [0.2, 0.25) is 0 Å². The van der Waals surface area contributed by atoms with Crippen molar-refractivity contribution in [3.8, 4) is 0 Å². The summed E-state index contributed by atoms with van der Waals surface area (Å²) in [7, 11) is 1.36. The third-order valence-electron chi connectivity index (χ3n) is 4.51. The second-order valence-electron chi connectivity index (χ2n) is 6.37. The Hall–Kier alpha value is -1.93. The second kappa shape index (κ2) is 9.68. The van der Waals surface area contributed by atoms with Crippen molar-refractivity contribution in [3.63, 3.8) is 0 Å². The topological polar surface area (TPSA) is 88.9 Å². The predicted molar refractivity (Wildman–Crippen MR) is 101 cm³/mol. The maximum absolute atomic E-state index is 12.5. The number of hydrogen-bond acceptors (Lipinski definition) is 5. The first kappa shape index (κ1) is 20.4. The monoisotopic (exact) mass is 382 g/mol. The molecule has 1 aromatic heterocycles. The van der Waals surface area contributed by atoms with Crippen molar-refractivity contribution in [2.45, 2.75) is 39.5 Å². The van der Waals surface area contributed by atoms with E-state index in [-0.39, 0.29) is 24.9 Å². The van der Waals surface area contributed by atoms with Gasteiger partial charge in [-0.05, 0) is 45.1 Å². The molecule has 2 rings (SSSR count). The number of aryl methyl sites for hydroxylation is 1. The average Bonchev–Trinajstić information content (AvgIpc) is 2.98. The lowest BCUT2D eigenvalue weighted by Crippen LogP contribution is -3.14. The van der Waals surface area contributed by atoms with E-state index in [0.29, 0.717) is 23.7 Å². The van der Waals surface area contributed by atoms with Crippen LogP contribution in [0.5, 0.6) is 0 Å². The second-order valence-corrected chi connectivity index (χ2v) is 7.47. The number of carbonyl (C=O) groups is 3. The third kappa shape index (κ3) is 5.04. The van der Waals surface area contributed by atoms with Gasteiger partial charge in [0.2, 0.25) is 0 Å². The molecule has 8 heteroatoms. The Bertz CT molecular complexity index is 672. The number of thiophene rings is 1. The van der Waals surface area contributed by atoms with E-state index in [0.717, 1.165) is 41.0 Å². The van der Waals surface area contributed by atoms with E-state index in [1.807, 2.05) is 13.8 Å². The van der Waals surface area contributed by atoms with E-state index < -0.39 is 5.97 Å². The first-order valence-corrected chi connectivity index (χ1v) is 9.94. The molecule has 1 unspecified atom stereocenters. The van der Waals surface area contributed by atoms with Crippen molar-refractivity contribution in [3.05, 3.63) is 16.0 Å². The smallest absolute Gasteiger partial charge is 0.341 e. The molecule has 0 radical (unpaired) electrons. The summed E-state index contributed by atoms with van der Waals surface area (Å²) in [6.07, 6.45) is 3.92. The van der Waals surface area contributed by atoms with E-state index in [9.17, 15) is 14.4 Å². The number of rotatable bonds is 8. The molecule has 0 saturated heterocycles. The fourth-order valence-electron chi connectivity index (χ4n) is 3.17. The van der Waals surface area contributed by atoms with Gasteiger partial charge in [0, 0.05) is 11.4 Å². The fourth-order valence-corrected chi connectivity index (χ4v) is 4.46. The molecule has 0 saturated carbocycles. The van der Waals surface area contributed by atoms with Crippen LogP contribution in [0.4, 0.5) is 5.00 Å². The number of amides is 2. The number of methoxy groups -OCH3 is 1. The molecule has 144 valence electrons. The summed E-state index contributed by atoms with van der Waals surface area (Å²) < 4.78 is 4.92. The van der Waals surface area contributed by atoms with Crippen LogP contribution in [0.25, 0.3) is 0 Å². The van der Waals surface area contributed by atoms with E-state index in [4.69, 9.17) is 4.74 Å². The normalized spacial score (nSPS) is 14.3. The molecule has 3 N–H and O–H groups in total. The Morgan fingerprint density at radius 3 is 2.46 bits per heavy atom. The first-order chi connectivity index (χ1) is 12.5. The fraction of sp³-hybridized carbons (Fsp3) is 0.611. The number of carbonyl (C=O) groups excluding carboxylic acids is 3. The van der Waals surface area contributed by atoms with Gasteiger partial charge in [0.25, 0.3) is 11.8 Å². The van der Waals surface area contributed by atoms with Crippen LogP contribution in [0.3, 0.4) is 0 Å². The zero-order chi connectivity index (χ0) is 19.1. The number of ether oxygens (including phenoxy) is 1. The Morgan fingerprint density at radius 1 is 1.12 bits per heavy atom. The average molecular weight is 383 g/mol. The van der Waals surface area contributed by atoms with E-state index in [1.54, 1.807) is 0 Å². The molecule has 1 aliphatic rings. The Kier molecular flexibility index (Phi) is 7.59. The molecule has 1 heterocycles. The molecule has 0 aromatic carbocycles. The summed E-state index contributed by atoms with van der Waals surface area (Å²) in [6, 6.07) is 0. The summed E-state index contributed by atoms with van der Waals surface area (Å²) >= 11 is 1.47. The molecular formula is C18H28N3O4S+. The van der Waals surface area contributed by atoms with Crippen molar-refractivity contribution >= 4 is 34.1 Å². The molecule has 2 amide bonds. The van der Waals surface area contributed by atoms with Crippen molar-refractivity contribution < 1.29 is 24.0 Å². The maximum atomic E-state index is 12.5. The SMILES string of the molecule is CCNC(=O)C[NH+](CC)CC(=O)Nc1sc2c(c1C(=O)OC)CCCC2. The van der Waals surface area contributed by atoms with Crippen LogP contribution in [0.1, 0.15) is 47.5 Å². The van der Waals surface area contributed by atoms with Gasteiger partial charge < -0.3 is 20.3 Å². The van der Waals surface area contributed by atoms with Gasteiger partial charge in [-0.3, -0.25) is 9.59 Å². The molecule has 1 atom stereocenters. The summed E-state index contributed by atoms with van der Waals surface area (Å²) in [5.74, 6) is -0.671. The molecule has 0 spiro atoms. The molecule has 26 heavy (non-hydrogen) atoms. The highest BCUT2D eigenvalue weighted by molar-refractivity contribution is 7.17. The third-order valence-corrected chi connectivity index (χ3v) is 5.72. The maximum Gasteiger partial charge on any atom is 0.341 e. The van der Waals surface area contributed by atoms with Gasteiger partial charge >= 0.3 is 5.97 Å². The van der Waals surface area contributed by atoms with Crippen LogP contribution in [0, 0.1) is 0 Å². The van der Waals surface area contributed by atoms with Crippen molar-refractivity contribution in [2.24, 2.45) is 0 Å². The van der Waals surface area contributed by atoms with Gasteiger partial charge in [-0.25, -0.2) is 4.79 Å². The number of nitrogens with one attached hydrogen (secondary N) is 3. The van der Waals surface area contributed by atoms with E-state index >= 15 is 0 Å². The Labute approximate surface area is 158 Å². The highest BCUT2D eigenvalue weighted by Gasteiger charge is 2.27. The summed E-state index contributed by atoms with van der Waals surface area (Å²) in [6.45, 7) is 5.47. The van der Waals surface area contributed by atoms with Gasteiger partial charge in [-0.15, -0.1) is 11.3 Å². The van der Waals surface area contributed by atoms with Crippen LogP contribution in [-0.2, 0) is 27.2 Å². The minimum Gasteiger partial charge on any atom is -0.465 e. The van der Waals surface area contributed by atoms with Crippen molar-refractivity contribution in [1.82, 2.24) is 5.32 Å². The van der Waals surface area contributed by atoms with Gasteiger partial charge in [0.15, 0.2) is 13.1 Å². The molecule has 0 aliphatic heterocycles. The zero-order valence-corrected chi connectivity index (χ0v) is 16.5. The largest absolute Gasteiger partial charge is 0.465 e. The lowest BCUT2D eigenvalue weighted by molar-refractivity contribution is -0.881.